The van der Waals surface area contributed by atoms with Gasteiger partial charge in [0, 0.05) is 22.6 Å². The van der Waals surface area contributed by atoms with Crippen LogP contribution in [-0.4, -0.2) is 43.8 Å². The van der Waals surface area contributed by atoms with Crippen molar-refractivity contribution in [3.05, 3.63) is 93.0 Å². The molecule has 1 aliphatic carbocycles. The van der Waals surface area contributed by atoms with E-state index in [1.807, 2.05) is 33.8 Å². The van der Waals surface area contributed by atoms with Gasteiger partial charge in [0.25, 0.3) is 10.0 Å². The zero-order valence-corrected chi connectivity index (χ0v) is 27.4. The number of rotatable bonds is 11. The Morgan fingerprint density at radius 3 is 2.12 bits per heavy atom. The molecule has 1 atom stereocenters. The van der Waals surface area contributed by atoms with Crippen LogP contribution in [0.5, 0.6) is 0 Å². The summed E-state index contributed by atoms with van der Waals surface area (Å²) in [6.07, 6.45) is 4.23. The van der Waals surface area contributed by atoms with Crippen LogP contribution in [0.2, 0.25) is 10.0 Å². The van der Waals surface area contributed by atoms with Crippen LogP contribution in [0.25, 0.3) is 0 Å². The van der Waals surface area contributed by atoms with Gasteiger partial charge in [-0.25, -0.2) is 8.42 Å². The fourth-order valence-corrected chi connectivity index (χ4v) is 7.45. The Bertz CT molecular complexity index is 1550. The molecule has 0 aromatic heterocycles. The maximum Gasteiger partial charge on any atom is 0.264 e. The predicted octanol–water partition coefficient (Wildman–Crippen LogP) is 6.98. The molecule has 3 aromatic rings. The molecule has 1 aliphatic rings. The average Bonchev–Trinajstić information content (AvgIpc) is 3.45. The van der Waals surface area contributed by atoms with E-state index in [2.05, 4.69) is 5.32 Å². The van der Waals surface area contributed by atoms with Crippen molar-refractivity contribution >= 4 is 50.7 Å². The summed E-state index contributed by atoms with van der Waals surface area (Å²) >= 11 is 12.6. The number of hydrogen-bond donors (Lipinski definition) is 1. The number of sulfonamides is 1. The van der Waals surface area contributed by atoms with Crippen molar-refractivity contribution < 1.29 is 18.0 Å². The largest absolute Gasteiger partial charge is 0.352 e. The Labute approximate surface area is 265 Å². The zero-order valence-electron chi connectivity index (χ0n) is 25.1. The quantitative estimate of drug-likeness (QED) is 0.244. The van der Waals surface area contributed by atoms with Gasteiger partial charge in [0.15, 0.2) is 0 Å². The van der Waals surface area contributed by atoms with E-state index in [-0.39, 0.29) is 23.4 Å². The van der Waals surface area contributed by atoms with Crippen LogP contribution < -0.4 is 9.62 Å². The van der Waals surface area contributed by atoms with Crippen LogP contribution in [0.4, 0.5) is 5.69 Å². The van der Waals surface area contributed by atoms with Crippen molar-refractivity contribution in [3.63, 3.8) is 0 Å². The van der Waals surface area contributed by atoms with Crippen molar-refractivity contribution in [2.24, 2.45) is 0 Å². The highest BCUT2D eigenvalue weighted by atomic mass is 35.5. The zero-order chi connectivity index (χ0) is 31.3. The first-order chi connectivity index (χ1) is 20.4. The normalized spacial score (nSPS) is 14.4. The Balaban J connectivity index is 1.76. The molecule has 4 rings (SSSR count). The van der Waals surface area contributed by atoms with Crippen LogP contribution in [0.1, 0.15) is 61.3 Å². The molecule has 0 unspecified atom stereocenters. The smallest absolute Gasteiger partial charge is 0.264 e. The van der Waals surface area contributed by atoms with Gasteiger partial charge < -0.3 is 10.2 Å². The summed E-state index contributed by atoms with van der Waals surface area (Å²) in [7, 11) is -4.15. The Hall–Kier alpha value is -3.07. The molecule has 0 heterocycles. The molecule has 1 fully saturated rings. The van der Waals surface area contributed by atoms with E-state index in [9.17, 15) is 18.0 Å². The summed E-state index contributed by atoms with van der Waals surface area (Å²) in [5.74, 6) is -0.776. The SMILES string of the molecule is CC[C@@H](C(=O)NC1CCCC1)N(Cc1ccc(Cl)cc1Cl)C(=O)CN(c1cc(C)cc(C)c1)S(=O)(=O)c1ccc(C)cc1. The highest BCUT2D eigenvalue weighted by molar-refractivity contribution is 7.92. The molecule has 7 nitrogen and oxygen atoms in total. The van der Waals surface area contributed by atoms with Gasteiger partial charge in [0.1, 0.15) is 12.6 Å². The molecule has 0 spiro atoms. The molecule has 0 radical (unpaired) electrons. The van der Waals surface area contributed by atoms with Crippen LogP contribution in [0.15, 0.2) is 65.6 Å². The first-order valence-electron chi connectivity index (χ1n) is 14.6. The first-order valence-corrected chi connectivity index (χ1v) is 16.8. The Kier molecular flexibility index (Phi) is 10.8. The molecule has 1 saturated carbocycles. The summed E-state index contributed by atoms with van der Waals surface area (Å²) in [6, 6.07) is 16.2. The van der Waals surface area contributed by atoms with Gasteiger partial charge in [0.2, 0.25) is 11.8 Å². The number of carbonyl (C=O) groups is 2. The number of halogens is 2. The number of amides is 2. The standard InChI is InChI=1S/C33H39Cl2N3O4S/c1-5-31(33(40)36-27-8-6-7-9-27)37(20-25-12-13-26(34)19-30(25)35)32(39)21-38(28-17-23(3)16-24(4)18-28)43(41,42)29-14-10-22(2)11-15-29/h10-19,27,31H,5-9,20-21H2,1-4H3,(H,36,40)/t31-/m0/s1. The Morgan fingerprint density at radius 2 is 1.53 bits per heavy atom. The second-order valence-corrected chi connectivity index (χ2v) is 14.0. The van der Waals surface area contributed by atoms with Gasteiger partial charge in [-0.1, -0.05) is 72.8 Å². The van der Waals surface area contributed by atoms with Gasteiger partial charge in [-0.3, -0.25) is 13.9 Å². The average molecular weight is 645 g/mol. The van der Waals surface area contributed by atoms with E-state index in [0.717, 1.165) is 46.7 Å². The molecule has 3 aromatic carbocycles. The fourth-order valence-electron chi connectivity index (χ4n) is 5.58. The van der Waals surface area contributed by atoms with Crippen LogP contribution in [-0.2, 0) is 26.2 Å². The van der Waals surface area contributed by atoms with E-state index in [0.29, 0.717) is 27.7 Å². The van der Waals surface area contributed by atoms with Crippen LogP contribution in [0.3, 0.4) is 0 Å². The number of hydrogen-bond acceptors (Lipinski definition) is 4. The summed E-state index contributed by atoms with van der Waals surface area (Å²) in [6.45, 7) is 6.99. The number of benzene rings is 3. The number of nitrogens with zero attached hydrogens (tertiary/aromatic N) is 2. The molecule has 10 heteroatoms. The second kappa shape index (κ2) is 14.1. The highest BCUT2D eigenvalue weighted by Crippen LogP contribution is 2.28. The van der Waals surface area contributed by atoms with Crippen LogP contribution >= 0.6 is 23.2 Å². The summed E-state index contributed by atoms with van der Waals surface area (Å²) in [5, 5.41) is 3.92. The summed E-state index contributed by atoms with van der Waals surface area (Å²) in [4.78, 5) is 29.5. The van der Waals surface area contributed by atoms with Crippen molar-refractivity contribution in [3.8, 4) is 0 Å². The van der Waals surface area contributed by atoms with Crippen molar-refractivity contribution in [1.82, 2.24) is 10.2 Å². The number of aryl methyl sites for hydroxylation is 3. The number of nitrogens with one attached hydrogen (secondary N) is 1. The van der Waals surface area contributed by atoms with Crippen molar-refractivity contribution in [2.45, 2.75) is 83.3 Å². The van der Waals surface area contributed by atoms with Crippen LogP contribution in [0, 0.1) is 20.8 Å². The van der Waals surface area contributed by atoms with Gasteiger partial charge in [-0.2, -0.15) is 0 Å². The lowest BCUT2D eigenvalue weighted by Crippen LogP contribution is -2.53. The maximum absolute atomic E-state index is 14.3. The monoisotopic (exact) mass is 643 g/mol. The third-order valence-corrected chi connectivity index (χ3v) is 10.2. The molecule has 43 heavy (non-hydrogen) atoms. The molecule has 1 N–H and O–H groups in total. The summed E-state index contributed by atoms with van der Waals surface area (Å²) < 4.78 is 29.4. The van der Waals surface area contributed by atoms with Gasteiger partial charge >= 0.3 is 0 Å². The molecule has 230 valence electrons. The lowest BCUT2D eigenvalue weighted by Gasteiger charge is -2.34. The van der Waals surface area contributed by atoms with Gasteiger partial charge in [0.05, 0.1) is 10.6 Å². The fraction of sp³-hybridized carbons (Fsp3) is 0.394. The minimum Gasteiger partial charge on any atom is -0.352 e. The van der Waals surface area contributed by atoms with E-state index in [1.54, 1.807) is 54.6 Å². The topological polar surface area (TPSA) is 86.8 Å². The minimum atomic E-state index is -4.15. The molecule has 0 bridgehead atoms. The maximum atomic E-state index is 14.3. The van der Waals surface area contributed by atoms with Crippen molar-refractivity contribution in [1.29, 1.82) is 0 Å². The number of anilines is 1. The highest BCUT2D eigenvalue weighted by Gasteiger charge is 2.35. The Morgan fingerprint density at radius 1 is 0.907 bits per heavy atom. The van der Waals surface area contributed by atoms with Gasteiger partial charge in [-0.05, 0) is 93.1 Å². The molecular formula is C33H39Cl2N3O4S. The third kappa shape index (κ3) is 8.11. The first kappa shape index (κ1) is 32.8. The van der Waals surface area contributed by atoms with E-state index >= 15 is 0 Å². The second-order valence-electron chi connectivity index (χ2n) is 11.3. The van der Waals surface area contributed by atoms with E-state index in [1.165, 1.54) is 4.90 Å². The molecular weight excluding hydrogens is 605 g/mol. The number of carbonyl (C=O) groups excluding carboxylic acids is 2. The molecule has 0 saturated heterocycles. The lowest BCUT2D eigenvalue weighted by molar-refractivity contribution is -0.140. The lowest BCUT2D eigenvalue weighted by atomic mass is 10.1. The van der Waals surface area contributed by atoms with Crippen molar-refractivity contribution in [2.75, 3.05) is 10.8 Å². The predicted molar refractivity (Wildman–Crippen MR) is 173 cm³/mol. The van der Waals surface area contributed by atoms with E-state index in [4.69, 9.17) is 23.2 Å². The minimum absolute atomic E-state index is 0.0106. The van der Waals surface area contributed by atoms with Gasteiger partial charge in [-0.15, -0.1) is 0 Å². The third-order valence-electron chi connectivity index (χ3n) is 7.83. The summed E-state index contributed by atoms with van der Waals surface area (Å²) in [5.41, 5.74) is 3.61. The van der Waals surface area contributed by atoms with E-state index < -0.39 is 28.5 Å². The molecule has 0 aliphatic heterocycles. The molecule has 2 amide bonds.